The van der Waals surface area contributed by atoms with Crippen LogP contribution in [-0.2, 0) is 22.7 Å². The maximum Gasteiger partial charge on any atom is 0.331 e. The van der Waals surface area contributed by atoms with Gasteiger partial charge in [-0.2, -0.15) is 0 Å². The molecule has 2 amide bonds. The summed E-state index contributed by atoms with van der Waals surface area (Å²) in [6, 6.07) is 4.88. The maximum atomic E-state index is 14.0. The van der Waals surface area contributed by atoms with Crippen molar-refractivity contribution in [3.63, 3.8) is 0 Å². The number of benzene rings is 1. The van der Waals surface area contributed by atoms with Gasteiger partial charge in [0.2, 0.25) is 0 Å². The number of quaternary nitrogens is 1. The summed E-state index contributed by atoms with van der Waals surface area (Å²) in [5.74, 6) is -0.207. The van der Waals surface area contributed by atoms with Crippen LogP contribution < -0.4 is 11.5 Å². The van der Waals surface area contributed by atoms with Crippen molar-refractivity contribution in [3.8, 4) is 0 Å². The molecule has 0 aromatic heterocycles. The maximum absolute atomic E-state index is 14.0. The number of likely N-dealkylation sites (tertiary alicyclic amines) is 2. The number of hydrogen-bond acceptors (Lipinski definition) is 4. The number of rotatable bonds is 7. The lowest BCUT2D eigenvalue weighted by Crippen LogP contribution is -2.65. The van der Waals surface area contributed by atoms with Gasteiger partial charge in [-0.1, -0.05) is 36.9 Å². The Morgan fingerprint density at radius 1 is 1.06 bits per heavy atom. The van der Waals surface area contributed by atoms with Crippen LogP contribution in [0.2, 0.25) is 5.02 Å². The molecular weight excluding hydrogens is 412 g/mol. The first-order valence-corrected chi connectivity index (χ1v) is 12.2. The minimum Gasteiger partial charge on any atom is -0.364 e. The number of nitrogens with zero attached hydrogens (tertiary/aromatic N) is 2. The monoisotopic (exact) mass is 447 g/mol. The second-order valence-corrected chi connectivity index (χ2v) is 10.2. The first-order valence-electron chi connectivity index (χ1n) is 11.9. The second-order valence-electron chi connectivity index (χ2n) is 9.78. The van der Waals surface area contributed by atoms with Crippen LogP contribution in [0.3, 0.4) is 0 Å². The average Bonchev–Trinajstić information content (AvgIpc) is 3.16. The smallest absolute Gasteiger partial charge is 0.331 e. The average molecular weight is 448 g/mol. The highest BCUT2D eigenvalue weighted by Crippen LogP contribution is 2.36. The number of nitrogens with two attached hydrogens (primary N) is 2. The molecule has 170 valence electrons. The Balaban J connectivity index is 1.66. The van der Waals surface area contributed by atoms with E-state index >= 15 is 0 Å². The lowest BCUT2D eigenvalue weighted by atomic mass is 9.83. The summed E-state index contributed by atoms with van der Waals surface area (Å²) in [6.07, 6.45) is 8.11. The quantitative estimate of drug-likeness (QED) is 0.629. The van der Waals surface area contributed by atoms with E-state index in [1.165, 1.54) is 18.4 Å². The van der Waals surface area contributed by atoms with Gasteiger partial charge in [0, 0.05) is 30.0 Å². The van der Waals surface area contributed by atoms with E-state index < -0.39 is 18.0 Å². The van der Waals surface area contributed by atoms with Crippen LogP contribution in [0, 0.1) is 5.92 Å². The molecule has 1 aromatic carbocycles. The van der Waals surface area contributed by atoms with Gasteiger partial charge in [0.1, 0.15) is 12.6 Å². The van der Waals surface area contributed by atoms with Gasteiger partial charge in [-0.05, 0) is 56.0 Å². The van der Waals surface area contributed by atoms with Gasteiger partial charge in [0.15, 0.2) is 6.04 Å². The molecule has 0 spiro atoms. The molecule has 3 aliphatic rings. The Hall–Kier alpha value is -1.47. The Morgan fingerprint density at radius 3 is 2.45 bits per heavy atom. The highest BCUT2D eigenvalue weighted by atomic mass is 35.5. The molecule has 0 radical (unpaired) electrons. The molecule has 2 saturated heterocycles. The zero-order chi connectivity index (χ0) is 22.0. The largest absolute Gasteiger partial charge is 0.364 e. The molecule has 1 unspecified atom stereocenters. The summed E-state index contributed by atoms with van der Waals surface area (Å²) >= 11 is 6.37. The minimum atomic E-state index is -0.543. The summed E-state index contributed by atoms with van der Waals surface area (Å²) in [4.78, 5) is 28.8. The van der Waals surface area contributed by atoms with Gasteiger partial charge in [-0.15, -0.1) is 0 Å². The molecule has 1 aromatic rings. The van der Waals surface area contributed by atoms with Crippen molar-refractivity contribution in [2.24, 2.45) is 17.4 Å². The van der Waals surface area contributed by atoms with Crippen LogP contribution in [-0.4, -0.2) is 52.9 Å². The number of primary amides is 1. The first-order chi connectivity index (χ1) is 14.9. The van der Waals surface area contributed by atoms with Gasteiger partial charge in [0.25, 0.3) is 5.91 Å². The molecule has 2 heterocycles. The molecule has 4 rings (SSSR count). The standard InChI is InChI=1S/C24H35ClN4O2/c25-20-10-9-18(15-28-11-5-12-28)19(14-20)16-29(13-4-8-21(29)23(27)30)24(31)22(26)17-6-2-1-3-7-17/h9-10,14,17,21-22H,1-8,11-13,15-16,26H2,(H-,27,30)/p+1/t21-,22+,29?/m0/s1. The van der Waals surface area contributed by atoms with E-state index in [2.05, 4.69) is 11.0 Å². The fourth-order valence-corrected chi connectivity index (χ4v) is 6.05. The Kier molecular flexibility index (Phi) is 7.01. The molecule has 6 nitrogen and oxygen atoms in total. The van der Waals surface area contributed by atoms with E-state index in [1.807, 2.05) is 12.1 Å². The fourth-order valence-electron chi connectivity index (χ4n) is 5.86. The topological polar surface area (TPSA) is 89.4 Å². The van der Waals surface area contributed by atoms with E-state index in [9.17, 15) is 9.59 Å². The van der Waals surface area contributed by atoms with Crippen molar-refractivity contribution in [2.45, 2.75) is 76.5 Å². The molecule has 1 saturated carbocycles. The zero-order valence-electron chi connectivity index (χ0n) is 18.4. The van der Waals surface area contributed by atoms with Crippen molar-refractivity contribution < 1.29 is 14.1 Å². The van der Waals surface area contributed by atoms with E-state index in [-0.39, 0.29) is 16.3 Å². The molecular formula is C24H36ClN4O2+. The van der Waals surface area contributed by atoms with Crippen molar-refractivity contribution in [3.05, 3.63) is 34.3 Å². The van der Waals surface area contributed by atoms with E-state index in [4.69, 9.17) is 23.1 Å². The van der Waals surface area contributed by atoms with E-state index in [1.54, 1.807) is 0 Å². The predicted octanol–water partition coefficient (Wildman–Crippen LogP) is 2.94. The number of carbonyl (C=O) groups excluding carboxylic acids is 2. The van der Waals surface area contributed by atoms with Gasteiger partial charge >= 0.3 is 5.91 Å². The van der Waals surface area contributed by atoms with Crippen LogP contribution in [0.15, 0.2) is 18.2 Å². The van der Waals surface area contributed by atoms with Crippen LogP contribution >= 0.6 is 11.6 Å². The molecule has 2 aliphatic heterocycles. The number of hydrogen-bond donors (Lipinski definition) is 2. The van der Waals surface area contributed by atoms with Crippen molar-refractivity contribution in [1.82, 2.24) is 4.90 Å². The van der Waals surface area contributed by atoms with E-state index in [0.29, 0.717) is 24.5 Å². The lowest BCUT2D eigenvalue weighted by Gasteiger charge is -2.40. The fraction of sp³-hybridized carbons (Fsp3) is 0.667. The van der Waals surface area contributed by atoms with Crippen molar-refractivity contribution in [1.29, 1.82) is 0 Å². The molecule has 1 aliphatic carbocycles. The van der Waals surface area contributed by atoms with Gasteiger partial charge < -0.3 is 11.5 Å². The second kappa shape index (κ2) is 9.57. The Labute approximate surface area is 190 Å². The summed E-state index contributed by atoms with van der Waals surface area (Å²) in [6.45, 7) is 4.09. The molecule has 7 heteroatoms. The summed E-state index contributed by atoms with van der Waals surface area (Å²) in [5, 5.41) is 0.652. The predicted molar refractivity (Wildman–Crippen MR) is 122 cm³/mol. The van der Waals surface area contributed by atoms with Crippen molar-refractivity contribution >= 4 is 23.4 Å². The molecule has 4 N–H and O–H groups in total. The molecule has 3 fully saturated rings. The SMILES string of the molecule is NC(=O)[C@@H]1CCC[N+]1(Cc1cc(Cl)ccc1CN1CCC1)C(=O)[C@H](N)C1CCCCC1. The number of amides is 2. The highest BCUT2D eigenvalue weighted by molar-refractivity contribution is 6.30. The summed E-state index contributed by atoms with van der Waals surface area (Å²) in [7, 11) is 0. The summed E-state index contributed by atoms with van der Waals surface area (Å²) < 4.78 is 0.0559. The van der Waals surface area contributed by atoms with Gasteiger partial charge in [0.05, 0.1) is 6.54 Å². The third-order valence-corrected chi connectivity index (χ3v) is 8.04. The Bertz CT molecular complexity index is 822. The molecule has 31 heavy (non-hydrogen) atoms. The molecule has 0 bridgehead atoms. The van der Waals surface area contributed by atoms with Gasteiger partial charge in [-0.3, -0.25) is 9.69 Å². The Morgan fingerprint density at radius 2 is 1.81 bits per heavy atom. The number of halogens is 1. The summed E-state index contributed by atoms with van der Waals surface area (Å²) in [5.41, 5.74) is 14.7. The van der Waals surface area contributed by atoms with Crippen LogP contribution in [0.4, 0.5) is 0 Å². The molecule has 3 atom stereocenters. The third-order valence-electron chi connectivity index (χ3n) is 7.80. The van der Waals surface area contributed by atoms with Crippen molar-refractivity contribution in [2.75, 3.05) is 19.6 Å². The van der Waals surface area contributed by atoms with Gasteiger partial charge in [-0.25, -0.2) is 9.28 Å². The minimum absolute atomic E-state index is 0.0110. The third kappa shape index (κ3) is 4.68. The van der Waals surface area contributed by atoms with Crippen LogP contribution in [0.5, 0.6) is 0 Å². The highest BCUT2D eigenvalue weighted by Gasteiger charge is 2.53. The normalized spacial score (nSPS) is 28.3. The zero-order valence-corrected chi connectivity index (χ0v) is 19.2. The lowest BCUT2D eigenvalue weighted by molar-refractivity contribution is -0.871. The van der Waals surface area contributed by atoms with Crippen LogP contribution in [0.25, 0.3) is 0 Å². The first kappa shape index (κ1) is 22.7. The number of carbonyl (C=O) groups is 2. The van der Waals surface area contributed by atoms with E-state index in [0.717, 1.165) is 57.3 Å². The van der Waals surface area contributed by atoms with Crippen LogP contribution in [0.1, 0.15) is 62.5 Å².